The van der Waals surface area contributed by atoms with Crippen LogP contribution in [0.25, 0.3) is 0 Å². The summed E-state index contributed by atoms with van der Waals surface area (Å²) in [6, 6.07) is 12.6. The van der Waals surface area contributed by atoms with Crippen molar-refractivity contribution in [2.45, 2.75) is 32.6 Å². The van der Waals surface area contributed by atoms with Crippen LogP contribution in [0.5, 0.6) is 0 Å². The zero-order valence-electron chi connectivity index (χ0n) is 11.4. The molecule has 0 aliphatic carbocycles. The highest BCUT2D eigenvalue weighted by atomic mass is 15.1. The van der Waals surface area contributed by atoms with E-state index in [1.807, 2.05) is 18.2 Å². The van der Waals surface area contributed by atoms with Gasteiger partial charge in [-0.15, -0.1) is 0 Å². The standard InChI is InChI=1S/C16H22N2/c1-16(2)8-10-18(11-9-16)13-15(12-17)14-6-4-3-5-7-14/h3-7,15H,8-11,13H2,1-2H3. The summed E-state index contributed by atoms with van der Waals surface area (Å²) < 4.78 is 0. The largest absolute Gasteiger partial charge is 0.302 e. The van der Waals surface area contributed by atoms with Gasteiger partial charge in [0.25, 0.3) is 0 Å². The smallest absolute Gasteiger partial charge is 0.0839 e. The molecule has 1 atom stereocenters. The molecule has 1 heterocycles. The average molecular weight is 242 g/mol. The van der Waals surface area contributed by atoms with Crippen molar-refractivity contribution in [1.29, 1.82) is 5.26 Å². The number of hydrogen-bond donors (Lipinski definition) is 0. The number of nitriles is 1. The van der Waals surface area contributed by atoms with Crippen molar-refractivity contribution in [3.05, 3.63) is 35.9 Å². The van der Waals surface area contributed by atoms with E-state index in [2.05, 4.69) is 36.9 Å². The van der Waals surface area contributed by atoms with E-state index < -0.39 is 0 Å². The first-order valence-corrected chi connectivity index (χ1v) is 6.78. The number of nitrogens with zero attached hydrogens (tertiary/aromatic N) is 2. The Morgan fingerprint density at radius 1 is 1.22 bits per heavy atom. The lowest BCUT2D eigenvalue weighted by Gasteiger charge is -2.37. The number of hydrogen-bond acceptors (Lipinski definition) is 2. The fourth-order valence-corrected chi connectivity index (χ4v) is 2.51. The molecule has 0 radical (unpaired) electrons. The minimum atomic E-state index is 0.00686. The van der Waals surface area contributed by atoms with Crippen molar-refractivity contribution in [3.63, 3.8) is 0 Å². The third-order valence-electron chi connectivity index (χ3n) is 4.01. The second-order valence-corrected chi connectivity index (χ2v) is 6.06. The van der Waals surface area contributed by atoms with Gasteiger partial charge in [-0.05, 0) is 36.9 Å². The van der Waals surface area contributed by atoms with Crippen molar-refractivity contribution < 1.29 is 0 Å². The highest BCUT2D eigenvalue weighted by Crippen LogP contribution is 2.30. The van der Waals surface area contributed by atoms with Gasteiger partial charge in [0, 0.05) is 6.54 Å². The molecule has 18 heavy (non-hydrogen) atoms. The Hall–Kier alpha value is -1.33. The number of piperidine rings is 1. The maximum Gasteiger partial charge on any atom is 0.0839 e. The van der Waals surface area contributed by atoms with Gasteiger partial charge < -0.3 is 4.90 Å². The van der Waals surface area contributed by atoms with Gasteiger partial charge in [0.1, 0.15) is 0 Å². The molecule has 96 valence electrons. The van der Waals surface area contributed by atoms with E-state index in [4.69, 9.17) is 0 Å². The number of benzene rings is 1. The van der Waals surface area contributed by atoms with E-state index in [0.717, 1.165) is 25.2 Å². The molecule has 0 spiro atoms. The van der Waals surface area contributed by atoms with Crippen LogP contribution in [0.4, 0.5) is 0 Å². The lowest BCUT2D eigenvalue weighted by molar-refractivity contribution is 0.131. The molecule has 1 aromatic rings. The highest BCUT2D eigenvalue weighted by Gasteiger charge is 2.26. The quantitative estimate of drug-likeness (QED) is 0.812. The van der Waals surface area contributed by atoms with Crippen LogP contribution >= 0.6 is 0 Å². The highest BCUT2D eigenvalue weighted by molar-refractivity contribution is 5.25. The van der Waals surface area contributed by atoms with Crippen LogP contribution in [0.15, 0.2) is 30.3 Å². The van der Waals surface area contributed by atoms with Crippen LogP contribution < -0.4 is 0 Å². The summed E-state index contributed by atoms with van der Waals surface area (Å²) in [5, 5.41) is 9.34. The van der Waals surface area contributed by atoms with Gasteiger partial charge in [-0.25, -0.2) is 0 Å². The van der Waals surface area contributed by atoms with Crippen LogP contribution in [0.1, 0.15) is 38.2 Å². The van der Waals surface area contributed by atoms with Crippen molar-refractivity contribution in [3.8, 4) is 6.07 Å². The van der Waals surface area contributed by atoms with Gasteiger partial charge in [0.2, 0.25) is 0 Å². The van der Waals surface area contributed by atoms with E-state index in [1.165, 1.54) is 12.8 Å². The molecular formula is C16H22N2. The van der Waals surface area contributed by atoms with Crippen LogP contribution in [0.2, 0.25) is 0 Å². The molecule has 0 bridgehead atoms. The maximum atomic E-state index is 9.34. The first kappa shape index (κ1) is 13.1. The lowest BCUT2D eigenvalue weighted by Crippen LogP contribution is -2.39. The lowest BCUT2D eigenvalue weighted by atomic mass is 9.82. The molecule has 1 aliphatic heterocycles. The van der Waals surface area contributed by atoms with Crippen molar-refractivity contribution in [2.24, 2.45) is 5.41 Å². The Morgan fingerprint density at radius 3 is 2.39 bits per heavy atom. The van der Waals surface area contributed by atoms with Crippen LogP contribution in [0.3, 0.4) is 0 Å². The van der Waals surface area contributed by atoms with E-state index in [9.17, 15) is 5.26 Å². The molecule has 1 aromatic carbocycles. The van der Waals surface area contributed by atoms with Gasteiger partial charge in [0.05, 0.1) is 12.0 Å². The molecule has 1 aliphatic rings. The Balaban J connectivity index is 1.95. The minimum Gasteiger partial charge on any atom is -0.302 e. The predicted octanol–water partition coefficient (Wildman–Crippen LogP) is 3.42. The van der Waals surface area contributed by atoms with Crippen LogP contribution in [0, 0.1) is 16.7 Å². The second kappa shape index (κ2) is 5.54. The summed E-state index contributed by atoms with van der Waals surface area (Å²) in [6.45, 7) is 7.79. The predicted molar refractivity (Wildman–Crippen MR) is 74.3 cm³/mol. The number of likely N-dealkylation sites (tertiary alicyclic amines) is 1. The van der Waals surface area contributed by atoms with Crippen LogP contribution in [-0.2, 0) is 0 Å². The molecule has 1 saturated heterocycles. The number of rotatable bonds is 3. The summed E-state index contributed by atoms with van der Waals surface area (Å²) in [6.07, 6.45) is 2.47. The fraction of sp³-hybridized carbons (Fsp3) is 0.562. The third-order valence-corrected chi connectivity index (χ3v) is 4.01. The molecule has 1 fully saturated rings. The van der Waals surface area contributed by atoms with E-state index in [-0.39, 0.29) is 5.92 Å². The van der Waals surface area contributed by atoms with Gasteiger partial charge in [0.15, 0.2) is 0 Å². The zero-order chi connectivity index (χ0) is 13.0. The minimum absolute atomic E-state index is 0.00686. The normalized spacial score (nSPS) is 21.2. The topological polar surface area (TPSA) is 27.0 Å². The van der Waals surface area contributed by atoms with E-state index >= 15 is 0 Å². The van der Waals surface area contributed by atoms with Crippen LogP contribution in [-0.4, -0.2) is 24.5 Å². The van der Waals surface area contributed by atoms with Gasteiger partial charge in [-0.1, -0.05) is 44.2 Å². The molecule has 2 rings (SSSR count). The summed E-state index contributed by atoms with van der Waals surface area (Å²) in [7, 11) is 0. The van der Waals surface area contributed by atoms with Gasteiger partial charge in [-0.2, -0.15) is 5.26 Å². The van der Waals surface area contributed by atoms with Gasteiger partial charge >= 0.3 is 0 Å². The molecule has 0 saturated carbocycles. The van der Waals surface area contributed by atoms with Crippen molar-refractivity contribution in [2.75, 3.05) is 19.6 Å². The first-order chi connectivity index (χ1) is 8.61. The van der Waals surface area contributed by atoms with Crippen molar-refractivity contribution in [1.82, 2.24) is 4.90 Å². The Bertz CT molecular complexity index is 406. The fourth-order valence-electron chi connectivity index (χ4n) is 2.51. The molecule has 0 amide bonds. The summed E-state index contributed by atoms with van der Waals surface area (Å²) in [4.78, 5) is 2.44. The van der Waals surface area contributed by atoms with E-state index in [1.54, 1.807) is 0 Å². The Labute approximate surface area is 110 Å². The van der Waals surface area contributed by atoms with Crippen molar-refractivity contribution >= 4 is 0 Å². The second-order valence-electron chi connectivity index (χ2n) is 6.06. The summed E-state index contributed by atoms with van der Waals surface area (Å²) in [5.74, 6) is 0.00686. The Morgan fingerprint density at radius 2 is 1.83 bits per heavy atom. The zero-order valence-corrected chi connectivity index (χ0v) is 11.4. The molecule has 2 heteroatoms. The maximum absolute atomic E-state index is 9.34. The first-order valence-electron chi connectivity index (χ1n) is 6.78. The molecule has 1 unspecified atom stereocenters. The van der Waals surface area contributed by atoms with Gasteiger partial charge in [-0.3, -0.25) is 0 Å². The average Bonchev–Trinajstić information content (AvgIpc) is 2.39. The summed E-state index contributed by atoms with van der Waals surface area (Å²) in [5.41, 5.74) is 1.62. The Kier molecular flexibility index (Phi) is 4.04. The van der Waals surface area contributed by atoms with E-state index in [0.29, 0.717) is 5.41 Å². The third kappa shape index (κ3) is 3.34. The molecular weight excluding hydrogens is 220 g/mol. The monoisotopic (exact) mass is 242 g/mol. The molecule has 0 aromatic heterocycles. The molecule has 0 N–H and O–H groups in total. The molecule has 2 nitrogen and oxygen atoms in total. The summed E-state index contributed by atoms with van der Waals surface area (Å²) >= 11 is 0. The SMILES string of the molecule is CC1(C)CCN(CC(C#N)c2ccccc2)CC1.